The molecule has 80 valence electrons. The number of alkyl halides is 1. The number of Topliss-reactive ketones (excluding diaryl/α,β-unsaturated/α-hetero) is 1. The molecular weight excluding hydrogens is 224 g/mol. The Hall–Kier alpha value is -1.74. The van der Waals surface area contributed by atoms with Crippen LogP contribution in [0.5, 0.6) is 0 Å². The number of ketones is 1. The third-order valence-electron chi connectivity index (χ3n) is 2.11. The SMILES string of the molecule is O=C(c1ncccn1)C(Cl)c1ccccc1. The summed E-state index contributed by atoms with van der Waals surface area (Å²) in [5.74, 6) is -0.139. The van der Waals surface area contributed by atoms with Crippen molar-refractivity contribution in [1.82, 2.24) is 9.97 Å². The van der Waals surface area contributed by atoms with Crippen molar-refractivity contribution in [3.05, 3.63) is 60.2 Å². The lowest BCUT2D eigenvalue weighted by Gasteiger charge is -2.06. The van der Waals surface area contributed by atoms with Gasteiger partial charge in [0.2, 0.25) is 5.78 Å². The predicted octanol–water partition coefficient (Wildman–Crippen LogP) is 2.64. The van der Waals surface area contributed by atoms with E-state index in [4.69, 9.17) is 11.6 Å². The fraction of sp³-hybridized carbons (Fsp3) is 0.0833. The number of carbonyl (C=O) groups excluding carboxylic acids is 1. The van der Waals surface area contributed by atoms with Crippen molar-refractivity contribution < 1.29 is 4.79 Å². The van der Waals surface area contributed by atoms with Gasteiger partial charge in [0, 0.05) is 12.4 Å². The zero-order valence-corrected chi connectivity index (χ0v) is 9.13. The lowest BCUT2D eigenvalue weighted by molar-refractivity contribution is 0.0977. The number of benzene rings is 1. The average Bonchev–Trinajstić information content (AvgIpc) is 2.39. The standard InChI is InChI=1S/C12H9ClN2O/c13-10(9-5-2-1-3-6-9)11(16)12-14-7-4-8-15-12/h1-8,10H. The molecule has 1 aromatic carbocycles. The second-order valence-electron chi connectivity index (χ2n) is 3.21. The molecule has 4 heteroatoms. The van der Waals surface area contributed by atoms with Crippen molar-refractivity contribution in [2.75, 3.05) is 0 Å². The molecule has 0 N–H and O–H groups in total. The Morgan fingerprint density at radius 2 is 1.69 bits per heavy atom. The maximum absolute atomic E-state index is 11.9. The van der Waals surface area contributed by atoms with Gasteiger partial charge in [-0.3, -0.25) is 4.79 Å². The van der Waals surface area contributed by atoms with Crippen LogP contribution in [0.25, 0.3) is 0 Å². The summed E-state index contributed by atoms with van der Waals surface area (Å²) in [4.78, 5) is 19.6. The molecule has 1 aromatic heterocycles. The maximum Gasteiger partial charge on any atom is 0.222 e. The van der Waals surface area contributed by atoms with Crippen molar-refractivity contribution in [3.8, 4) is 0 Å². The van der Waals surface area contributed by atoms with E-state index in [-0.39, 0.29) is 11.6 Å². The molecule has 16 heavy (non-hydrogen) atoms. The van der Waals surface area contributed by atoms with Gasteiger partial charge in [-0.25, -0.2) is 9.97 Å². The molecule has 0 saturated carbocycles. The number of carbonyl (C=O) groups is 1. The van der Waals surface area contributed by atoms with Crippen LogP contribution >= 0.6 is 11.6 Å². The first kappa shape index (κ1) is 10.8. The molecule has 0 amide bonds. The second-order valence-corrected chi connectivity index (χ2v) is 3.65. The van der Waals surface area contributed by atoms with Gasteiger partial charge in [0.25, 0.3) is 0 Å². The van der Waals surface area contributed by atoms with Crippen LogP contribution in [0, 0.1) is 0 Å². The van der Waals surface area contributed by atoms with E-state index in [0.717, 1.165) is 5.56 Å². The van der Waals surface area contributed by atoms with Crippen LogP contribution in [0.3, 0.4) is 0 Å². The number of rotatable bonds is 3. The monoisotopic (exact) mass is 232 g/mol. The van der Waals surface area contributed by atoms with Crippen molar-refractivity contribution in [2.24, 2.45) is 0 Å². The van der Waals surface area contributed by atoms with E-state index in [0.29, 0.717) is 0 Å². The van der Waals surface area contributed by atoms with Crippen LogP contribution in [-0.2, 0) is 0 Å². The molecule has 0 aliphatic rings. The first-order valence-electron chi connectivity index (χ1n) is 4.79. The van der Waals surface area contributed by atoms with E-state index in [9.17, 15) is 4.79 Å². The quantitative estimate of drug-likeness (QED) is 0.604. The van der Waals surface area contributed by atoms with Crippen LogP contribution < -0.4 is 0 Å². The molecule has 0 fully saturated rings. The summed E-state index contributed by atoms with van der Waals surface area (Å²) < 4.78 is 0. The topological polar surface area (TPSA) is 42.9 Å². The fourth-order valence-electron chi connectivity index (χ4n) is 1.31. The van der Waals surface area contributed by atoms with E-state index < -0.39 is 5.38 Å². The zero-order valence-electron chi connectivity index (χ0n) is 8.38. The number of nitrogens with zero attached hydrogens (tertiary/aromatic N) is 2. The Morgan fingerprint density at radius 3 is 2.31 bits per heavy atom. The highest BCUT2D eigenvalue weighted by molar-refractivity contribution is 6.33. The van der Waals surface area contributed by atoms with Crippen LogP contribution in [0.1, 0.15) is 21.6 Å². The summed E-state index contributed by atoms with van der Waals surface area (Å²) in [6, 6.07) is 10.8. The fourth-order valence-corrected chi connectivity index (χ4v) is 1.56. The van der Waals surface area contributed by atoms with Gasteiger partial charge in [-0.05, 0) is 11.6 Å². The highest BCUT2D eigenvalue weighted by Crippen LogP contribution is 2.23. The molecule has 3 nitrogen and oxygen atoms in total. The van der Waals surface area contributed by atoms with E-state index >= 15 is 0 Å². The number of aromatic nitrogens is 2. The molecule has 2 aromatic rings. The van der Waals surface area contributed by atoms with Gasteiger partial charge >= 0.3 is 0 Å². The normalized spacial score (nSPS) is 12.1. The van der Waals surface area contributed by atoms with Crippen molar-refractivity contribution in [1.29, 1.82) is 0 Å². The average molecular weight is 233 g/mol. The van der Waals surface area contributed by atoms with E-state index in [1.165, 1.54) is 12.4 Å². The maximum atomic E-state index is 11.9. The van der Waals surface area contributed by atoms with Crippen molar-refractivity contribution >= 4 is 17.4 Å². The molecule has 0 aliphatic heterocycles. The van der Waals surface area contributed by atoms with E-state index in [2.05, 4.69) is 9.97 Å². The molecular formula is C12H9ClN2O. The minimum atomic E-state index is -0.733. The van der Waals surface area contributed by atoms with Gasteiger partial charge in [0.15, 0.2) is 5.82 Å². The highest BCUT2D eigenvalue weighted by atomic mass is 35.5. The minimum absolute atomic E-state index is 0.145. The summed E-state index contributed by atoms with van der Waals surface area (Å²) in [6.07, 6.45) is 3.05. The van der Waals surface area contributed by atoms with Crippen molar-refractivity contribution in [2.45, 2.75) is 5.38 Å². The van der Waals surface area contributed by atoms with Crippen LogP contribution in [0.15, 0.2) is 48.8 Å². The predicted molar refractivity (Wildman–Crippen MR) is 61.4 cm³/mol. The molecule has 0 spiro atoms. The van der Waals surface area contributed by atoms with Gasteiger partial charge in [-0.2, -0.15) is 0 Å². The molecule has 0 aliphatic carbocycles. The summed E-state index contributed by atoms with van der Waals surface area (Å²) in [5, 5.41) is -0.733. The molecule has 0 radical (unpaired) electrons. The van der Waals surface area contributed by atoms with E-state index in [1.807, 2.05) is 18.2 Å². The highest BCUT2D eigenvalue weighted by Gasteiger charge is 2.20. The molecule has 1 heterocycles. The second kappa shape index (κ2) is 4.86. The summed E-state index contributed by atoms with van der Waals surface area (Å²) in [5.41, 5.74) is 0.751. The lowest BCUT2D eigenvalue weighted by Crippen LogP contribution is -2.11. The zero-order chi connectivity index (χ0) is 11.4. The van der Waals surface area contributed by atoms with Gasteiger partial charge in [0.05, 0.1) is 0 Å². The third-order valence-corrected chi connectivity index (χ3v) is 2.56. The first-order valence-corrected chi connectivity index (χ1v) is 5.23. The number of halogens is 1. The summed E-state index contributed by atoms with van der Waals surface area (Å²) in [7, 11) is 0. The minimum Gasteiger partial charge on any atom is -0.289 e. The molecule has 1 atom stereocenters. The number of hydrogen-bond donors (Lipinski definition) is 0. The van der Waals surface area contributed by atoms with Crippen LogP contribution in [0.4, 0.5) is 0 Å². The molecule has 0 saturated heterocycles. The largest absolute Gasteiger partial charge is 0.289 e. The van der Waals surface area contributed by atoms with Crippen LogP contribution in [0.2, 0.25) is 0 Å². The van der Waals surface area contributed by atoms with Gasteiger partial charge < -0.3 is 0 Å². The number of hydrogen-bond acceptors (Lipinski definition) is 3. The van der Waals surface area contributed by atoms with Gasteiger partial charge in [-0.1, -0.05) is 30.3 Å². The Morgan fingerprint density at radius 1 is 1.06 bits per heavy atom. The summed E-state index contributed by atoms with van der Waals surface area (Å²) in [6.45, 7) is 0. The van der Waals surface area contributed by atoms with Gasteiger partial charge in [0.1, 0.15) is 5.38 Å². The Bertz CT molecular complexity index is 473. The first-order chi connectivity index (χ1) is 7.79. The lowest BCUT2D eigenvalue weighted by atomic mass is 10.1. The smallest absolute Gasteiger partial charge is 0.222 e. The Balaban J connectivity index is 2.24. The summed E-state index contributed by atoms with van der Waals surface area (Å²) >= 11 is 6.06. The van der Waals surface area contributed by atoms with Crippen LogP contribution in [-0.4, -0.2) is 15.8 Å². The third kappa shape index (κ3) is 2.25. The molecule has 2 rings (SSSR count). The Labute approximate surface area is 98.1 Å². The van der Waals surface area contributed by atoms with E-state index in [1.54, 1.807) is 18.2 Å². The van der Waals surface area contributed by atoms with Gasteiger partial charge in [-0.15, -0.1) is 11.6 Å². The molecule has 1 unspecified atom stereocenters. The molecule has 0 bridgehead atoms. The van der Waals surface area contributed by atoms with Crippen molar-refractivity contribution in [3.63, 3.8) is 0 Å². The Kier molecular flexibility index (Phi) is 3.27.